The first kappa shape index (κ1) is 9.86. The number of benzene rings is 2. The number of aryl methyl sites for hydroxylation is 1. The van der Waals surface area contributed by atoms with Crippen LogP contribution in [0.25, 0.3) is 10.8 Å². The zero-order valence-corrected chi connectivity index (χ0v) is 9.57. The summed E-state index contributed by atoms with van der Waals surface area (Å²) in [6.45, 7) is 4.00. The van der Waals surface area contributed by atoms with Gasteiger partial charge >= 0.3 is 0 Å². The van der Waals surface area contributed by atoms with Crippen LogP contribution in [0.15, 0.2) is 36.4 Å². The van der Waals surface area contributed by atoms with Crippen LogP contribution in [0.2, 0.25) is 0 Å². The van der Waals surface area contributed by atoms with E-state index in [4.69, 9.17) is 4.74 Å². The summed E-state index contributed by atoms with van der Waals surface area (Å²) in [4.78, 5) is 0. The van der Waals surface area contributed by atoms with E-state index in [-0.39, 0.29) is 0 Å². The molecule has 0 unspecified atom stereocenters. The van der Waals surface area contributed by atoms with Crippen molar-refractivity contribution in [1.29, 1.82) is 0 Å². The molecule has 0 bridgehead atoms. The summed E-state index contributed by atoms with van der Waals surface area (Å²) >= 11 is 0. The van der Waals surface area contributed by atoms with Crippen LogP contribution in [0.1, 0.15) is 24.0 Å². The second-order valence-electron chi connectivity index (χ2n) is 4.45. The summed E-state index contributed by atoms with van der Waals surface area (Å²) in [5.74, 6) is 0.608. The standard InChI is InChI=1S/C15H16O/c1-2-11-5-3-6-12-7-4-8-14(15(11)12)13-9-16-10-13/h3-8,13H,2,9-10H2,1H3. The van der Waals surface area contributed by atoms with Crippen molar-refractivity contribution in [2.24, 2.45) is 0 Å². The van der Waals surface area contributed by atoms with E-state index in [1.54, 1.807) is 0 Å². The van der Waals surface area contributed by atoms with Crippen LogP contribution in [0.3, 0.4) is 0 Å². The Kier molecular flexibility index (Phi) is 2.41. The summed E-state index contributed by atoms with van der Waals surface area (Å²) in [6, 6.07) is 13.2. The Morgan fingerprint density at radius 3 is 2.50 bits per heavy atom. The largest absolute Gasteiger partial charge is 0.380 e. The number of ether oxygens (including phenoxy) is 1. The van der Waals surface area contributed by atoms with E-state index in [0.29, 0.717) is 5.92 Å². The molecule has 3 rings (SSSR count). The Labute approximate surface area is 96.0 Å². The molecule has 0 radical (unpaired) electrons. The lowest BCUT2D eigenvalue weighted by Crippen LogP contribution is -2.25. The average Bonchev–Trinajstić information content (AvgIpc) is 2.26. The highest BCUT2D eigenvalue weighted by Gasteiger charge is 2.22. The molecule has 82 valence electrons. The first-order valence-corrected chi connectivity index (χ1v) is 5.98. The molecule has 1 heteroatoms. The Hall–Kier alpha value is -1.34. The smallest absolute Gasteiger partial charge is 0.0557 e. The van der Waals surface area contributed by atoms with E-state index >= 15 is 0 Å². The maximum atomic E-state index is 5.31. The van der Waals surface area contributed by atoms with Crippen molar-refractivity contribution >= 4 is 10.8 Å². The van der Waals surface area contributed by atoms with Gasteiger partial charge in [-0.05, 0) is 28.3 Å². The van der Waals surface area contributed by atoms with Crippen molar-refractivity contribution in [2.75, 3.05) is 13.2 Å². The van der Waals surface area contributed by atoms with Crippen molar-refractivity contribution in [3.63, 3.8) is 0 Å². The van der Waals surface area contributed by atoms with Crippen molar-refractivity contribution in [3.8, 4) is 0 Å². The minimum absolute atomic E-state index is 0.608. The van der Waals surface area contributed by atoms with Gasteiger partial charge in [-0.1, -0.05) is 43.3 Å². The highest BCUT2D eigenvalue weighted by molar-refractivity contribution is 5.89. The van der Waals surface area contributed by atoms with Crippen LogP contribution in [-0.4, -0.2) is 13.2 Å². The van der Waals surface area contributed by atoms with Crippen molar-refractivity contribution < 1.29 is 4.74 Å². The first-order chi connectivity index (χ1) is 7.90. The molecule has 0 aromatic heterocycles. The van der Waals surface area contributed by atoms with E-state index in [2.05, 4.69) is 43.3 Å². The predicted octanol–water partition coefficient (Wildman–Crippen LogP) is 3.52. The van der Waals surface area contributed by atoms with Gasteiger partial charge in [-0.25, -0.2) is 0 Å². The SMILES string of the molecule is CCc1cccc2cccc(C3COC3)c12. The minimum Gasteiger partial charge on any atom is -0.380 e. The topological polar surface area (TPSA) is 9.23 Å². The van der Waals surface area contributed by atoms with Gasteiger partial charge in [-0.2, -0.15) is 0 Å². The van der Waals surface area contributed by atoms with Gasteiger partial charge in [-0.3, -0.25) is 0 Å². The van der Waals surface area contributed by atoms with Gasteiger partial charge in [0.25, 0.3) is 0 Å². The van der Waals surface area contributed by atoms with Gasteiger partial charge < -0.3 is 4.74 Å². The third-order valence-corrected chi connectivity index (χ3v) is 3.48. The van der Waals surface area contributed by atoms with Crippen LogP contribution >= 0.6 is 0 Å². The Balaban J connectivity index is 2.26. The van der Waals surface area contributed by atoms with Crippen LogP contribution in [-0.2, 0) is 11.2 Å². The number of fused-ring (bicyclic) bond motifs is 1. The molecule has 0 atom stereocenters. The molecular formula is C15H16O. The molecule has 0 spiro atoms. The van der Waals surface area contributed by atoms with Gasteiger partial charge in [0.05, 0.1) is 13.2 Å². The molecule has 2 aromatic carbocycles. The lowest BCUT2D eigenvalue weighted by atomic mass is 9.89. The molecular weight excluding hydrogens is 196 g/mol. The van der Waals surface area contributed by atoms with Crippen LogP contribution in [0.4, 0.5) is 0 Å². The van der Waals surface area contributed by atoms with Crippen molar-refractivity contribution in [1.82, 2.24) is 0 Å². The van der Waals surface area contributed by atoms with Crippen molar-refractivity contribution in [2.45, 2.75) is 19.3 Å². The fourth-order valence-electron chi connectivity index (χ4n) is 2.50. The molecule has 0 amide bonds. The minimum atomic E-state index is 0.608. The zero-order valence-electron chi connectivity index (χ0n) is 9.57. The normalized spacial score (nSPS) is 16.3. The van der Waals surface area contributed by atoms with Gasteiger partial charge in [0.2, 0.25) is 0 Å². The summed E-state index contributed by atoms with van der Waals surface area (Å²) in [5, 5.41) is 2.82. The van der Waals surface area contributed by atoms with E-state index in [1.165, 1.54) is 21.9 Å². The van der Waals surface area contributed by atoms with Gasteiger partial charge in [0.15, 0.2) is 0 Å². The number of rotatable bonds is 2. The van der Waals surface area contributed by atoms with E-state index < -0.39 is 0 Å². The molecule has 1 fully saturated rings. The fourth-order valence-corrected chi connectivity index (χ4v) is 2.50. The second kappa shape index (κ2) is 3.91. The van der Waals surface area contributed by atoms with Gasteiger partial charge in [-0.15, -0.1) is 0 Å². The fraction of sp³-hybridized carbons (Fsp3) is 0.333. The zero-order chi connectivity index (χ0) is 11.0. The molecule has 0 saturated carbocycles. The third-order valence-electron chi connectivity index (χ3n) is 3.48. The Bertz CT molecular complexity index is 507. The molecule has 0 aliphatic carbocycles. The second-order valence-corrected chi connectivity index (χ2v) is 4.45. The van der Waals surface area contributed by atoms with Crippen LogP contribution in [0, 0.1) is 0 Å². The molecule has 1 heterocycles. The third kappa shape index (κ3) is 1.43. The maximum Gasteiger partial charge on any atom is 0.0557 e. The van der Waals surface area contributed by atoms with E-state index in [0.717, 1.165) is 19.6 Å². The molecule has 1 nitrogen and oxygen atoms in total. The van der Waals surface area contributed by atoms with Crippen molar-refractivity contribution in [3.05, 3.63) is 47.5 Å². The summed E-state index contributed by atoms with van der Waals surface area (Å²) in [5.41, 5.74) is 2.93. The van der Waals surface area contributed by atoms with E-state index in [9.17, 15) is 0 Å². The quantitative estimate of drug-likeness (QED) is 0.740. The molecule has 1 saturated heterocycles. The summed E-state index contributed by atoms with van der Waals surface area (Å²) in [7, 11) is 0. The monoisotopic (exact) mass is 212 g/mol. The van der Waals surface area contributed by atoms with E-state index in [1.807, 2.05) is 0 Å². The highest BCUT2D eigenvalue weighted by atomic mass is 16.5. The molecule has 1 aliphatic rings. The Morgan fingerprint density at radius 2 is 1.88 bits per heavy atom. The molecule has 1 aliphatic heterocycles. The van der Waals surface area contributed by atoms with Crippen LogP contribution in [0.5, 0.6) is 0 Å². The number of hydrogen-bond acceptors (Lipinski definition) is 1. The lowest BCUT2D eigenvalue weighted by Gasteiger charge is -2.28. The maximum absolute atomic E-state index is 5.31. The summed E-state index contributed by atoms with van der Waals surface area (Å²) in [6.07, 6.45) is 1.10. The average molecular weight is 212 g/mol. The first-order valence-electron chi connectivity index (χ1n) is 5.98. The van der Waals surface area contributed by atoms with Gasteiger partial charge in [0.1, 0.15) is 0 Å². The molecule has 0 N–H and O–H groups in total. The molecule has 16 heavy (non-hydrogen) atoms. The highest BCUT2D eigenvalue weighted by Crippen LogP contribution is 2.32. The summed E-state index contributed by atoms with van der Waals surface area (Å²) < 4.78 is 5.31. The molecule has 2 aromatic rings. The number of hydrogen-bond donors (Lipinski definition) is 0. The lowest BCUT2D eigenvalue weighted by molar-refractivity contribution is 0.00899. The Morgan fingerprint density at radius 1 is 1.12 bits per heavy atom. The van der Waals surface area contributed by atoms with Crippen LogP contribution < -0.4 is 0 Å². The predicted molar refractivity (Wildman–Crippen MR) is 66.9 cm³/mol. The van der Waals surface area contributed by atoms with Gasteiger partial charge in [0, 0.05) is 5.92 Å².